The van der Waals surface area contributed by atoms with E-state index < -0.39 is 0 Å². The van der Waals surface area contributed by atoms with Crippen molar-refractivity contribution in [2.75, 3.05) is 0 Å². The molecule has 0 aromatic carbocycles. The van der Waals surface area contributed by atoms with E-state index in [2.05, 4.69) is 18.7 Å². The van der Waals surface area contributed by atoms with E-state index in [0.29, 0.717) is 5.92 Å². The highest BCUT2D eigenvalue weighted by Gasteiger charge is 2.42. The minimum atomic E-state index is -0.130. The molecule has 3 heteroatoms. The fourth-order valence-electron chi connectivity index (χ4n) is 0.690. The molecular weight excluding hydrogens is 106 g/mol. The first-order valence-electron chi connectivity index (χ1n) is 2.76. The van der Waals surface area contributed by atoms with Gasteiger partial charge in [0, 0.05) is 0 Å². The molecule has 2 atom stereocenters. The lowest BCUT2D eigenvalue weighted by atomic mass is 10.1. The van der Waals surface area contributed by atoms with Crippen molar-refractivity contribution in [2.24, 2.45) is 11.8 Å². The van der Waals surface area contributed by atoms with Gasteiger partial charge in [0.1, 0.15) is 6.10 Å². The van der Waals surface area contributed by atoms with Gasteiger partial charge in [-0.2, -0.15) is 0 Å². The molecule has 1 rings (SSSR count). The molecule has 48 valence electrons. The van der Waals surface area contributed by atoms with Crippen molar-refractivity contribution in [2.45, 2.75) is 26.2 Å². The van der Waals surface area contributed by atoms with Crippen molar-refractivity contribution in [3.8, 4) is 0 Å². The Bertz CT molecular complexity index is 84.5. The first-order chi connectivity index (χ1) is 3.75. The Morgan fingerprint density at radius 1 is 1.62 bits per heavy atom. The summed E-state index contributed by atoms with van der Waals surface area (Å²) in [7, 11) is 0. The maximum absolute atomic E-state index is 4.98. The summed E-state index contributed by atoms with van der Waals surface area (Å²) in [6, 6.07) is 0. The topological polar surface area (TPSA) is 47.8 Å². The third-order valence-corrected chi connectivity index (χ3v) is 1.27. The number of hydrogen-bond acceptors (Lipinski definition) is 3. The van der Waals surface area contributed by atoms with Crippen LogP contribution in [0.5, 0.6) is 0 Å². The molecular formula is C5H11NO2. The molecule has 0 aromatic heterocycles. The average Bonchev–Trinajstić information content (AvgIpc) is 2.42. The van der Waals surface area contributed by atoms with Crippen molar-refractivity contribution in [1.29, 1.82) is 0 Å². The molecule has 8 heavy (non-hydrogen) atoms. The fraction of sp³-hybridized carbons (Fsp3) is 1.00. The smallest absolute Gasteiger partial charge is 0.204 e. The van der Waals surface area contributed by atoms with Crippen LogP contribution in [-0.2, 0) is 9.57 Å². The molecule has 2 N–H and O–H groups in total. The highest BCUT2D eigenvalue weighted by atomic mass is 16.8. The van der Waals surface area contributed by atoms with E-state index in [1.165, 1.54) is 0 Å². The zero-order valence-electron chi connectivity index (χ0n) is 5.13. The fourth-order valence-corrected chi connectivity index (χ4v) is 0.690. The molecule has 2 unspecified atom stereocenters. The van der Waals surface area contributed by atoms with E-state index in [1.54, 1.807) is 0 Å². The number of hydrogen-bond donors (Lipinski definition) is 1. The minimum absolute atomic E-state index is 0.130. The second-order valence-electron chi connectivity index (χ2n) is 2.35. The Morgan fingerprint density at radius 3 is 2.38 bits per heavy atom. The second kappa shape index (κ2) is 2.01. The Hall–Kier alpha value is -0.120. The maximum Gasteiger partial charge on any atom is 0.204 e. The average molecular weight is 117 g/mol. The molecule has 0 radical (unpaired) electrons. The normalized spacial score (nSPS) is 36.0. The molecule has 0 aliphatic carbocycles. The van der Waals surface area contributed by atoms with Crippen LogP contribution in [0.1, 0.15) is 13.8 Å². The van der Waals surface area contributed by atoms with E-state index in [4.69, 9.17) is 10.6 Å². The molecule has 1 aliphatic heterocycles. The second-order valence-corrected chi connectivity index (χ2v) is 2.35. The molecule has 3 nitrogen and oxygen atoms in total. The van der Waals surface area contributed by atoms with Crippen LogP contribution < -0.4 is 5.90 Å². The lowest BCUT2D eigenvalue weighted by Gasteiger charge is -1.93. The quantitative estimate of drug-likeness (QED) is 0.417. The number of epoxide rings is 1. The van der Waals surface area contributed by atoms with E-state index >= 15 is 0 Å². The molecule has 0 saturated carbocycles. The van der Waals surface area contributed by atoms with Crippen LogP contribution >= 0.6 is 0 Å². The van der Waals surface area contributed by atoms with Gasteiger partial charge in [0.25, 0.3) is 0 Å². The molecule has 0 amide bonds. The van der Waals surface area contributed by atoms with Crippen LogP contribution in [0.15, 0.2) is 0 Å². The van der Waals surface area contributed by atoms with Crippen molar-refractivity contribution in [1.82, 2.24) is 0 Å². The van der Waals surface area contributed by atoms with Gasteiger partial charge in [0.05, 0.1) is 0 Å². The summed E-state index contributed by atoms with van der Waals surface area (Å²) in [6.07, 6.45) is 0.106. The molecule has 0 aromatic rings. The summed E-state index contributed by atoms with van der Waals surface area (Å²) in [4.78, 5) is 4.41. The summed E-state index contributed by atoms with van der Waals surface area (Å²) < 4.78 is 4.98. The van der Waals surface area contributed by atoms with Crippen molar-refractivity contribution in [3.05, 3.63) is 0 Å². The summed E-state index contributed by atoms with van der Waals surface area (Å²) in [5.41, 5.74) is 0. The molecule has 1 fully saturated rings. The predicted molar refractivity (Wildman–Crippen MR) is 28.8 cm³/mol. The van der Waals surface area contributed by atoms with Crippen molar-refractivity contribution in [3.63, 3.8) is 0 Å². The van der Waals surface area contributed by atoms with E-state index in [1.807, 2.05) is 0 Å². The monoisotopic (exact) mass is 117 g/mol. The Labute approximate surface area is 48.7 Å². The number of rotatable bonds is 2. The predicted octanol–water partition coefficient (Wildman–Crippen LogP) is 0.258. The Kier molecular flexibility index (Phi) is 1.51. The van der Waals surface area contributed by atoms with Crippen LogP contribution in [0, 0.1) is 5.92 Å². The summed E-state index contributed by atoms with van der Waals surface area (Å²) in [5, 5.41) is 0. The van der Waals surface area contributed by atoms with E-state index in [9.17, 15) is 0 Å². The Morgan fingerprint density at radius 2 is 2.25 bits per heavy atom. The van der Waals surface area contributed by atoms with Crippen LogP contribution in [0.2, 0.25) is 0 Å². The third-order valence-electron chi connectivity index (χ3n) is 1.27. The SMILES string of the molecule is CC(C)C1OC1ON. The lowest BCUT2D eigenvalue weighted by molar-refractivity contribution is 0.0503. The minimum Gasteiger partial charge on any atom is -0.340 e. The summed E-state index contributed by atoms with van der Waals surface area (Å²) in [6.45, 7) is 4.15. The molecule has 1 aliphatic rings. The molecule has 0 spiro atoms. The standard InChI is InChI=1S/C5H11NO2/c1-3(2)4-5(7-4)8-6/h3-5H,6H2,1-2H3. The Balaban J connectivity index is 2.16. The van der Waals surface area contributed by atoms with Gasteiger partial charge in [0.15, 0.2) is 0 Å². The molecule has 0 bridgehead atoms. The van der Waals surface area contributed by atoms with Gasteiger partial charge < -0.3 is 4.74 Å². The first kappa shape index (κ1) is 6.01. The number of ether oxygens (including phenoxy) is 1. The van der Waals surface area contributed by atoms with Gasteiger partial charge in [-0.3, -0.25) is 4.84 Å². The van der Waals surface area contributed by atoms with Crippen molar-refractivity contribution >= 4 is 0 Å². The van der Waals surface area contributed by atoms with Crippen molar-refractivity contribution < 1.29 is 9.57 Å². The highest BCUT2D eigenvalue weighted by Crippen LogP contribution is 2.28. The van der Waals surface area contributed by atoms with E-state index in [-0.39, 0.29) is 12.4 Å². The van der Waals surface area contributed by atoms with Gasteiger partial charge in [-0.15, -0.1) is 0 Å². The van der Waals surface area contributed by atoms with Crippen LogP contribution in [-0.4, -0.2) is 12.4 Å². The summed E-state index contributed by atoms with van der Waals surface area (Å²) in [5.74, 6) is 5.35. The zero-order valence-corrected chi connectivity index (χ0v) is 5.13. The molecule has 1 saturated heterocycles. The summed E-state index contributed by atoms with van der Waals surface area (Å²) >= 11 is 0. The zero-order chi connectivity index (χ0) is 6.15. The van der Waals surface area contributed by atoms with E-state index in [0.717, 1.165) is 0 Å². The van der Waals surface area contributed by atoms with Gasteiger partial charge in [-0.1, -0.05) is 13.8 Å². The van der Waals surface area contributed by atoms with Gasteiger partial charge >= 0.3 is 0 Å². The number of nitrogens with two attached hydrogens (primary N) is 1. The van der Waals surface area contributed by atoms with Gasteiger partial charge in [0.2, 0.25) is 6.29 Å². The largest absolute Gasteiger partial charge is 0.340 e. The van der Waals surface area contributed by atoms with Crippen LogP contribution in [0.3, 0.4) is 0 Å². The maximum atomic E-state index is 4.98. The highest BCUT2D eigenvalue weighted by molar-refractivity contribution is 4.78. The third kappa shape index (κ3) is 0.992. The first-order valence-corrected chi connectivity index (χ1v) is 2.76. The molecule has 1 heterocycles. The lowest BCUT2D eigenvalue weighted by Crippen LogP contribution is -2.09. The van der Waals surface area contributed by atoms with Crippen LogP contribution in [0.4, 0.5) is 0 Å². The van der Waals surface area contributed by atoms with Gasteiger partial charge in [-0.25, -0.2) is 5.90 Å². The van der Waals surface area contributed by atoms with Gasteiger partial charge in [-0.05, 0) is 5.92 Å². The van der Waals surface area contributed by atoms with Crippen LogP contribution in [0.25, 0.3) is 0 Å².